The summed E-state index contributed by atoms with van der Waals surface area (Å²) in [6.07, 6.45) is 0.862. The molecular weight excluding hydrogens is 275 g/mol. The number of methoxy groups -OCH3 is 1. The smallest absolute Gasteiger partial charge is 0.137 e. The minimum absolute atomic E-state index is 0.322. The molecule has 0 saturated heterocycles. The van der Waals surface area contributed by atoms with Gasteiger partial charge in [-0.05, 0) is 24.5 Å². The van der Waals surface area contributed by atoms with Crippen LogP contribution in [0, 0.1) is 11.7 Å². The van der Waals surface area contributed by atoms with E-state index in [0.29, 0.717) is 28.8 Å². The fraction of sp³-hybridized carbons (Fsp3) is 0.400. The monoisotopic (exact) mass is 294 g/mol. The van der Waals surface area contributed by atoms with E-state index >= 15 is 0 Å². The molecule has 0 aliphatic carbocycles. The van der Waals surface area contributed by atoms with Gasteiger partial charge in [-0.15, -0.1) is 11.3 Å². The average molecular weight is 294 g/mol. The van der Waals surface area contributed by atoms with Gasteiger partial charge in [-0.3, -0.25) is 0 Å². The highest BCUT2D eigenvalue weighted by atomic mass is 32.1. The first kappa shape index (κ1) is 14.9. The van der Waals surface area contributed by atoms with Gasteiger partial charge in [0, 0.05) is 23.1 Å². The number of hydrogen-bond donors (Lipinski definition) is 1. The first-order valence-corrected chi connectivity index (χ1v) is 7.39. The third-order valence-corrected chi connectivity index (χ3v) is 4.13. The highest BCUT2D eigenvalue weighted by molar-refractivity contribution is 7.15. The normalized spacial score (nSPS) is 11.1. The third kappa shape index (κ3) is 3.16. The number of thiazole rings is 1. The molecule has 0 saturated carbocycles. The lowest BCUT2D eigenvalue weighted by molar-refractivity contribution is 0.411. The molecule has 0 aliphatic rings. The molecular formula is C15H19FN2OS. The Balaban J connectivity index is 2.40. The number of hydrogen-bond acceptors (Lipinski definition) is 4. The van der Waals surface area contributed by atoms with E-state index in [1.165, 1.54) is 24.5 Å². The largest absolute Gasteiger partial charge is 0.497 e. The van der Waals surface area contributed by atoms with Gasteiger partial charge in [-0.2, -0.15) is 0 Å². The van der Waals surface area contributed by atoms with Crippen molar-refractivity contribution in [1.82, 2.24) is 4.98 Å². The first-order chi connectivity index (χ1) is 9.55. The van der Waals surface area contributed by atoms with Crippen molar-refractivity contribution in [3.63, 3.8) is 0 Å². The van der Waals surface area contributed by atoms with Gasteiger partial charge in [0.2, 0.25) is 0 Å². The van der Waals surface area contributed by atoms with Crippen LogP contribution in [-0.2, 0) is 13.0 Å². The Kier molecular flexibility index (Phi) is 4.73. The molecule has 2 rings (SSSR count). The number of nitrogens with zero attached hydrogens (tertiary/aromatic N) is 1. The van der Waals surface area contributed by atoms with Gasteiger partial charge in [-0.1, -0.05) is 13.8 Å². The van der Waals surface area contributed by atoms with Crippen LogP contribution in [-0.4, -0.2) is 12.1 Å². The molecule has 1 aromatic heterocycles. The fourth-order valence-electron chi connectivity index (χ4n) is 2.00. The van der Waals surface area contributed by atoms with Crippen molar-refractivity contribution in [1.29, 1.82) is 0 Å². The summed E-state index contributed by atoms with van der Waals surface area (Å²) in [4.78, 5) is 5.60. The second-order valence-electron chi connectivity index (χ2n) is 5.04. The molecule has 0 spiro atoms. The summed E-state index contributed by atoms with van der Waals surface area (Å²) in [5.41, 5.74) is 7.24. The number of aromatic nitrogens is 1. The van der Waals surface area contributed by atoms with Crippen LogP contribution in [0.2, 0.25) is 0 Å². The predicted octanol–water partition coefficient (Wildman–Crippen LogP) is 3.62. The minimum Gasteiger partial charge on any atom is -0.497 e. The first-order valence-electron chi connectivity index (χ1n) is 6.57. The van der Waals surface area contributed by atoms with Crippen molar-refractivity contribution in [2.45, 2.75) is 26.8 Å². The SMILES string of the molecule is COc1ccc(-c2nc(CC(C)C)c(CN)s2)c(F)c1. The highest BCUT2D eigenvalue weighted by Crippen LogP contribution is 2.32. The molecule has 3 nitrogen and oxygen atoms in total. The Morgan fingerprint density at radius 3 is 2.70 bits per heavy atom. The maximum absolute atomic E-state index is 14.1. The van der Waals surface area contributed by atoms with Gasteiger partial charge in [0.05, 0.1) is 12.8 Å². The zero-order chi connectivity index (χ0) is 14.7. The second kappa shape index (κ2) is 6.33. The molecule has 108 valence electrons. The number of nitrogens with two attached hydrogens (primary N) is 1. The zero-order valence-corrected chi connectivity index (χ0v) is 12.8. The summed E-state index contributed by atoms with van der Waals surface area (Å²) in [6.45, 7) is 4.71. The second-order valence-corrected chi connectivity index (χ2v) is 6.12. The molecule has 1 aromatic carbocycles. The summed E-state index contributed by atoms with van der Waals surface area (Å²) in [6, 6.07) is 4.82. The number of rotatable bonds is 5. The van der Waals surface area contributed by atoms with Crippen LogP contribution in [0.4, 0.5) is 4.39 Å². The molecule has 2 N–H and O–H groups in total. The van der Waals surface area contributed by atoms with E-state index in [2.05, 4.69) is 18.8 Å². The lowest BCUT2D eigenvalue weighted by Gasteiger charge is -2.03. The van der Waals surface area contributed by atoms with Crippen LogP contribution in [0.15, 0.2) is 18.2 Å². The quantitative estimate of drug-likeness (QED) is 0.916. The lowest BCUT2D eigenvalue weighted by atomic mass is 10.1. The summed E-state index contributed by atoms with van der Waals surface area (Å²) in [5.74, 6) is 0.679. The number of benzene rings is 1. The molecule has 20 heavy (non-hydrogen) atoms. The summed E-state index contributed by atoms with van der Waals surface area (Å²) < 4.78 is 19.1. The summed E-state index contributed by atoms with van der Waals surface area (Å²) in [7, 11) is 1.52. The van der Waals surface area contributed by atoms with Gasteiger partial charge in [0.1, 0.15) is 16.6 Å². The number of halogens is 1. The molecule has 5 heteroatoms. The average Bonchev–Trinajstić information content (AvgIpc) is 2.80. The fourth-order valence-corrected chi connectivity index (χ4v) is 3.00. The van der Waals surface area contributed by atoms with Crippen LogP contribution < -0.4 is 10.5 Å². The summed E-state index contributed by atoms with van der Waals surface area (Å²) >= 11 is 1.47. The Morgan fingerprint density at radius 1 is 1.40 bits per heavy atom. The van der Waals surface area contributed by atoms with Crippen LogP contribution in [0.25, 0.3) is 10.6 Å². The zero-order valence-electron chi connectivity index (χ0n) is 11.9. The Labute approximate surface area is 122 Å². The van der Waals surface area contributed by atoms with Gasteiger partial charge in [0.15, 0.2) is 0 Å². The molecule has 0 amide bonds. The van der Waals surface area contributed by atoms with Gasteiger partial charge < -0.3 is 10.5 Å². The van der Waals surface area contributed by atoms with Gasteiger partial charge in [0.25, 0.3) is 0 Å². The Bertz CT molecular complexity index is 596. The van der Waals surface area contributed by atoms with Crippen LogP contribution in [0.5, 0.6) is 5.75 Å². The lowest BCUT2D eigenvalue weighted by Crippen LogP contribution is -2.02. The van der Waals surface area contributed by atoms with Gasteiger partial charge >= 0.3 is 0 Å². The van der Waals surface area contributed by atoms with E-state index in [0.717, 1.165) is 17.0 Å². The Morgan fingerprint density at radius 2 is 2.15 bits per heavy atom. The van der Waals surface area contributed by atoms with Crippen molar-refractivity contribution < 1.29 is 9.13 Å². The van der Waals surface area contributed by atoms with Crippen molar-refractivity contribution in [2.75, 3.05) is 7.11 Å². The van der Waals surface area contributed by atoms with E-state index in [1.807, 2.05) is 0 Å². The van der Waals surface area contributed by atoms with E-state index in [9.17, 15) is 4.39 Å². The molecule has 0 radical (unpaired) electrons. The molecule has 0 fully saturated rings. The van der Waals surface area contributed by atoms with E-state index < -0.39 is 0 Å². The van der Waals surface area contributed by atoms with Gasteiger partial charge in [-0.25, -0.2) is 9.37 Å². The van der Waals surface area contributed by atoms with Crippen LogP contribution >= 0.6 is 11.3 Å². The number of ether oxygens (including phenoxy) is 1. The topological polar surface area (TPSA) is 48.1 Å². The summed E-state index contributed by atoms with van der Waals surface area (Å²) in [5, 5.41) is 0.682. The standard InChI is InChI=1S/C15H19FN2OS/c1-9(2)6-13-14(8-17)20-15(18-13)11-5-4-10(19-3)7-12(11)16/h4-5,7,9H,6,8,17H2,1-3H3. The molecule has 1 heterocycles. The van der Waals surface area contributed by atoms with E-state index in [1.54, 1.807) is 12.1 Å². The molecule has 0 unspecified atom stereocenters. The molecule has 0 bridgehead atoms. The third-order valence-electron chi connectivity index (χ3n) is 2.97. The van der Waals surface area contributed by atoms with E-state index in [-0.39, 0.29) is 5.82 Å². The van der Waals surface area contributed by atoms with Crippen molar-refractivity contribution in [3.8, 4) is 16.3 Å². The van der Waals surface area contributed by atoms with Crippen LogP contribution in [0.3, 0.4) is 0 Å². The van der Waals surface area contributed by atoms with E-state index in [4.69, 9.17) is 10.5 Å². The van der Waals surface area contributed by atoms with Crippen LogP contribution in [0.1, 0.15) is 24.4 Å². The van der Waals surface area contributed by atoms with Crippen molar-refractivity contribution >= 4 is 11.3 Å². The van der Waals surface area contributed by atoms with Crippen molar-refractivity contribution in [3.05, 3.63) is 34.6 Å². The van der Waals surface area contributed by atoms with Crippen molar-refractivity contribution in [2.24, 2.45) is 11.7 Å². The minimum atomic E-state index is -0.322. The molecule has 0 aliphatic heterocycles. The Hall–Kier alpha value is -1.46. The maximum atomic E-state index is 14.1. The maximum Gasteiger partial charge on any atom is 0.137 e. The highest BCUT2D eigenvalue weighted by Gasteiger charge is 2.15. The molecule has 2 aromatic rings. The molecule has 0 atom stereocenters. The predicted molar refractivity (Wildman–Crippen MR) is 80.5 cm³/mol.